The van der Waals surface area contributed by atoms with Crippen LogP contribution >= 0.6 is 12.2 Å². The molecule has 146 valence electrons. The Morgan fingerprint density at radius 1 is 1.17 bits per heavy atom. The van der Waals surface area contributed by atoms with Gasteiger partial charge in [0.05, 0.1) is 18.1 Å². The second kappa shape index (κ2) is 8.24. The van der Waals surface area contributed by atoms with Gasteiger partial charge in [0.25, 0.3) is 0 Å². The number of rotatable bonds is 6. The van der Waals surface area contributed by atoms with Gasteiger partial charge in [-0.15, -0.1) is 0 Å². The normalized spacial score (nSPS) is 11.2. The van der Waals surface area contributed by atoms with Crippen LogP contribution in [0.15, 0.2) is 66.0 Å². The summed E-state index contributed by atoms with van der Waals surface area (Å²) in [6.07, 6.45) is 5.33. The highest BCUT2D eigenvalue weighted by molar-refractivity contribution is 7.71. The molecule has 4 aromatic rings. The van der Waals surface area contributed by atoms with Crippen molar-refractivity contribution in [1.82, 2.24) is 24.7 Å². The maximum absolute atomic E-state index is 5.91. The molecule has 0 aliphatic rings. The summed E-state index contributed by atoms with van der Waals surface area (Å²) in [7, 11) is 0. The predicted octanol–water partition coefficient (Wildman–Crippen LogP) is 4.20. The molecular weight excluding hydrogens is 384 g/mol. The molecule has 0 aliphatic carbocycles. The number of aromatic amines is 1. The van der Waals surface area contributed by atoms with Gasteiger partial charge in [-0.25, -0.2) is 9.78 Å². The highest BCUT2D eigenvalue weighted by atomic mass is 32.1. The number of aryl methyl sites for hydroxylation is 2. The van der Waals surface area contributed by atoms with Gasteiger partial charge >= 0.3 is 0 Å². The number of nitrogens with zero attached hydrogens (tertiary/aromatic N) is 5. The van der Waals surface area contributed by atoms with E-state index in [9.17, 15) is 0 Å². The van der Waals surface area contributed by atoms with E-state index in [1.54, 1.807) is 21.8 Å². The molecule has 4 rings (SSSR count). The van der Waals surface area contributed by atoms with Crippen molar-refractivity contribution < 1.29 is 4.74 Å². The number of aromatic nitrogens is 5. The van der Waals surface area contributed by atoms with Crippen LogP contribution in [0.1, 0.15) is 22.5 Å². The standard InChI is InChI=1S/C21H20N6OS/c1-15-8-9-19(16(2)10-15)28-14-20-24-25-21(29)27(20)23-12-17-11-22-26(13-17)18-6-4-3-5-7-18/h3-13H,14H2,1-2H3,(H,25,29)/b23-12-. The minimum absolute atomic E-state index is 0.248. The average Bonchev–Trinajstić information content (AvgIpc) is 3.33. The lowest BCUT2D eigenvalue weighted by atomic mass is 10.1. The summed E-state index contributed by atoms with van der Waals surface area (Å²) < 4.78 is 9.65. The first kappa shape index (κ1) is 18.8. The molecule has 0 saturated carbocycles. The Balaban J connectivity index is 1.50. The van der Waals surface area contributed by atoms with E-state index in [4.69, 9.17) is 17.0 Å². The number of H-pyrrole nitrogens is 1. The van der Waals surface area contributed by atoms with E-state index in [0.29, 0.717) is 10.6 Å². The fraction of sp³-hybridized carbons (Fsp3) is 0.143. The second-order valence-corrected chi connectivity index (χ2v) is 7.00. The molecule has 0 atom stereocenters. The lowest BCUT2D eigenvalue weighted by molar-refractivity contribution is 0.288. The van der Waals surface area contributed by atoms with Crippen LogP contribution in [0.4, 0.5) is 0 Å². The van der Waals surface area contributed by atoms with Crippen LogP contribution in [-0.2, 0) is 6.61 Å². The second-order valence-electron chi connectivity index (χ2n) is 6.61. The van der Waals surface area contributed by atoms with E-state index in [0.717, 1.165) is 22.6 Å². The van der Waals surface area contributed by atoms with Crippen molar-refractivity contribution in [3.05, 3.63) is 88.2 Å². The monoisotopic (exact) mass is 404 g/mol. The van der Waals surface area contributed by atoms with Crippen LogP contribution in [0.2, 0.25) is 0 Å². The zero-order valence-corrected chi connectivity index (χ0v) is 16.9. The first-order valence-corrected chi connectivity index (χ1v) is 9.52. The average molecular weight is 404 g/mol. The third kappa shape index (κ3) is 4.33. The van der Waals surface area contributed by atoms with Crippen LogP contribution in [0.3, 0.4) is 0 Å². The third-order valence-electron chi connectivity index (χ3n) is 4.35. The molecule has 0 spiro atoms. The van der Waals surface area contributed by atoms with Gasteiger partial charge in [0, 0.05) is 11.8 Å². The smallest absolute Gasteiger partial charge is 0.216 e. The maximum Gasteiger partial charge on any atom is 0.216 e. The van der Waals surface area contributed by atoms with Gasteiger partial charge < -0.3 is 4.74 Å². The molecule has 2 heterocycles. The van der Waals surface area contributed by atoms with Gasteiger partial charge in [-0.05, 0) is 49.8 Å². The van der Waals surface area contributed by atoms with Crippen molar-refractivity contribution in [3.63, 3.8) is 0 Å². The number of ether oxygens (including phenoxy) is 1. The van der Waals surface area contributed by atoms with E-state index in [1.807, 2.05) is 55.6 Å². The third-order valence-corrected chi connectivity index (χ3v) is 4.61. The largest absolute Gasteiger partial charge is 0.485 e. The molecular formula is C21H20N6OS. The quantitative estimate of drug-likeness (QED) is 0.386. The summed E-state index contributed by atoms with van der Waals surface area (Å²) in [6, 6.07) is 15.9. The van der Waals surface area contributed by atoms with Crippen LogP contribution < -0.4 is 4.74 Å². The lowest BCUT2D eigenvalue weighted by Gasteiger charge is -2.09. The highest BCUT2D eigenvalue weighted by Crippen LogP contribution is 2.19. The van der Waals surface area contributed by atoms with Crippen LogP contribution in [0, 0.1) is 18.6 Å². The van der Waals surface area contributed by atoms with Crippen molar-refractivity contribution >= 4 is 18.4 Å². The van der Waals surface area contributed by atoms with E-state index in [2.05, 4.69) is 33.4 Å². The molecule has 0 unspecified atom stereocenters. The molecule has 0 amide bonds. The fourth-order valence-electron chi connectivity index (χ4n) is 2.89. The molecule has 0 fully saturated rings. The first-order chi connectivity index (χ1) is 14.1. The molecule has 0 radical (unpaired) electrons. The highest BCUT2D eigenvalue weighted by Gasteiger charge is 2.08. The molecule has 29 heavy (non-hydrogen) atoms. The number of nitrogens with one attached hydrogen (secondary N) is 1. The van der Waals surface area contributed by atoms with E-state index in [1.165, 1.54) is 5.56 Å². The fourth-order valence-corrected chi connectivity index (χ4v) is 3.09. The van der Waals surface area contributed by atoms with Crippen LogP contribution in [0.25, 0.3) is 5.69 Å². The summed E-state index contributed by atoms with van der Waals surface area (Å²) >= 11 is 5.30. The molecule has 7 nitrogen and oxygen atoms in total. The van der Waals surface area contributed by atoms with E-state index < -0.39 is 0 Å². The Hall–Kier alpha value is -3.52. The molecule has 2 aromatic carbocycles. The SMILES string of the molecule is Cc1ccc(OCc2n[nH]c(=S)n2/N=C\c2cnn(-c3ccccc3)c2)c(C)c1. The Kier molecular flexibility index (Phi) is 5.35. The number of para-hydroxylation sites is 1. The van der Waals surface area contributed by atoms with E-state index in [-0.39, 0.29) is 6.61 Å². The molecule has 2 aromatic heterocycles. The lowest BCUT2D eigenvalue weighted by Crippen LogP contribution is -2.05. The van der Waals surface area contributed by atoms with Crippen molar-refractivity contribution in [3.8, 4) is 11.4 Å². The Labute approximate surface area is 173 Å². The van der Waals surface area contributed by atoms with Gasteiger partial charge in [0.1, 0.15) is 12.4 Å². The van der Waals surface area contributed by atoms with Gasteiger partial charge in [0.2, 0.25) is 4.77 Å². The minimum Gasteiger partial charge on any atom is -0.485 e. The zero-order valence-electron chi connectivity index (χ0n) is 16.1. The summed E-state index contributed by atoms with van der Waals surface area (Å²) in [6.45, 7) is 4.32. The van der Waals surface area contributed by atoms with Crippen LogP contribution in [-0.4, -0.2) is 30.9 Å². The first-order valence-electron chi connectivity index (χ1n) is 9.11. The summed E-state index contributed by atoms with van der Waals surface area (Å²) in [4.78, 5) is 0. The van der Waals surface area contributed by atoms with Crippen molar-refractivity contribution in [2.75, 3.05) is 0 Å². The molecule has 0 aliphatic heterocycles. The van der Waals surface area contributed by atoms with Crippen molar-refractivity contribution in [1.29, 1.82) is 0 Å². The Morgan fingerprint density at radius 3 is 2.79 bits per heavy atom. The summed E-state index contributed by atoms with van der Waals surface area (Å²) in [5, 5.41) is 15.8. The maximum atomic E-state index is 5.91. The Bertz CT molecular complexity index is 1210. The van der Waals surface area contributed by atoms with Crippen LogP contribution in [0.5, 0.6) is 5.75 Å². The predicted molar refractivity (Wildman–Crippen MR) is 114 cm³/mol. The number of hydrogen-bond acceptors (Lipinski definition) is 5. The van der Waals surface area contributed by atoms with E-state index >= 15 is 0 Å². The van der Waals surface area contributed by atoms with Gasteiger partial charge in [0.15, 0.2) is 5.82 Å². The molecule has 1 N–H and O–H groups in total. The summed E-state index contributed by atoms with van der Waals surface area (Å²) in [5.74, 6) is 1.39. The van der Waals surface area contributed by atoms with Crippen molar-refractivity contribution in [2.24, 2.45) is 5.10 Å². The minimum atomic E-state index is 0.248. The van der Waals surface area contributed by atoms with Gasteiger partial charge in [-0.2, -0.15) is 20.0 Å². The Morgan fingerprint density at radius 2 is 2.00 bits per heavy atom. The number of hydrogen-bond donors (Lipinski definition) is 1. The van der Waals surface area contributed by atoms with Crippen molar-refractivity contribution in [2.45, 2.75) is 20.5 Å². The zero-order chi connectivity index (χ0) is 20.2. The van der Waals surface area contributed by atoms with Gasteiger partial charge in [-0.1, -0.05) is 35.9 Å². The molecule has 8 heteroatoms. The number of benzene rings is 2. The summed E-state index contributed by atoms with van der Waals surface area (Å²) in [5.41, 5.74) is 4.09. The molecule has 0 bridgehead atoms. The van der Waals surface area contributed by atoms with Gasteiger partial charge in [-0.3, -0.25) is 0 Å². The topological polar surface area (TPSA) is 73.0 Å². The molecule has 0 saturated heterocycles.